The molecule has 4 aliphatic heterocycles. The molecule has 19 heteroatoms. The number of hydrogen-bond acceptors (Lipinski definition) is 9. The molecule has 8 rings (SSSR count). The number of hydrazine groups is 1. The summed E-state index contributed by atoms with van der Waals surface area (Å²) in [5.41, 5.74) is 10.5. The Hall–Kier alpha value is -4.66. The number of urea groups is 1. The third-order valence-corrected chi connectivity index (χ3v) is 15.3. The molecule has 4 aromatic rings. The minimum atomic E-state index is -1.04. The molecule has 15 nitrogen and oxygen atoms in total. The second kappa shape index (κ2) is 25.9. The summed E-state index contributed by atoms with van der Waals surface area (Å²) in [6, 6.07) is 15.8. The maximum Gasteiger partial charge on any atom is 0.324 e. The van der Waals surface area contributed by atoms with Gasteiger partial charge in [-0.3, -0.25) is 29.2 Å². The normalized spacial score (nSPS) is 20.1. The lowest BCUT2D eigenvalue weighted by Crippen LogP contribution is -2.62. The highest BCUT2D eigenvalue weighted by Crippen LogP contribution is 2.43. The van der Waals surface area contributed by atoms with Crippen molar-refractivity contribution in [2.24, 2.45) is 16.7 Å². The second-order valence-electron chi connectivity index (χ2n) is 21.1. The summed E-state index contributed by atoms with van der Waals surface area (Å²) >= 11 is 0. The number of hydrogen-bond donors (Lipinski definition) is 2. The standard InChI is InChI=1S/C55H72N8O7.4H2S/c1-10-46(64)61-28-23-55(33-61)21-26-60(27-22-55)53(68)59(8)48(35(3)4)50(65)57-44-30-37-15-12-16-38(29-37)39-19-20-45-41(31-39)42(49(62(45)11-2)40-17-13-24-56-47(40)36(5)69-9)32-54(6,7)34-70-52(67)43-18-14-25-63(58-43)51(44)66;;;;/h10,12-13,15-17,19-20,24,29,31,35-36,43-44,48,58H,1,11,14,18,21-23,25-28,30,32-34H2,2-9H3,(H,57,65);4*1H2/t36-,43-,44-,48-;;;;/m0..../s1. The SMILES string of the molecule is C=CC(=O)N1CCC2(CCN(C(=O)N(C)[C@H](C(=O)N[C@H]3Cc4cccc(c4)-c4ccc5c(c4)c(c(-c4cccnc4[C@H](C)OC)n5CC)CC(C)(C)COC(=O)[C@@H]4CCCN(N4)C3=O)C(C)C)CC2)C1.S.S.S.S. The number of carbonyl (C=O) groups is 5. The summed E-state index contributed by atoms with van der Waals surface area (Å²) in [7, 11) is 3.35. The highest BCUT2D eigenvalue weighted by Gasteiger charge is 2.44. The lowest BCUT2D eigenvalue weighted by molar-refractivity contribution is -0.155. The molecule has 0 unspecified atom stereocenters. The second-order valence-corrected chi connectivity index (χ2v) is 21.1. The monoisotopic (exact) mass is 1090 g/mol. The molecule has 1 spiro atoms. The summed E-state index contributed by atoms with van der Waals surface area (Å²) in [5.74, 6) is -1.62. The van der Waals surface area contributed by atoms with Gasteiger partial charge in [0.2, 0.25) is 11.8 Å². The number of carbonyl (C=O) groups excluding carboxylic acids is 5. The maximum atomic E-state index is 14.8. The van der Waals surface area contributed by atoms with Crippen LogP contribution in [0.1, 0.15) is 96.6 Å². The Kier molecular flexibility index (Phi) is 21.7. The van der Waals surface area contributed by atoms with Gasteiger partial charge in [-0.2, -0.15) is 54.0 Å². The van der Waals surface area contributed by atoms with Crippen molar-refractivity contribution in [3.63, 3.8) is 0 Å². The Morgan fingerprint density at radius 3 is 2.31 bits per heavy atom. The molecule has 0 aliphatic carbocycles. The molecule has 0 radical (unpaired) electrons. The number of nitrogens with one attached hydrogen (secondary N) is 2. The minimum absolute atomic E-state index is 0. The fourth-order valence-electron chi connectivity index (χ4n) is 11.3. The zero-order valence-corrected chi connectivity index (χ0v) is 48.4. The number of ether oxygens (including phenoxy) is 2. The summed E-state index contributed by atoms with van der Waals surface area (Å²) in [5, 5.41) is 5.65. The van der Waals surface area contributed by atoms with Crippen LogP contribution in [-0.2, 0) is 48.0 Å². The van der Waals surface area contributed by atoms with E-state index >= 15 is 0 Å². The van der Waals surface area contributed by atoms with E-state index in [4.69, 9.17) is 14.5 Å². The first kappa shape index (κ1) is 61.9. The van der Waals surface area contributed by atoms with Crippen LogP contribution < -0.4 is 10.7 Å². The smallest absolute Gasteiger partial charge is 0.324 e. The van der Waals surface area contributed by atoms with Gasteiger partial charge in [-0.15, -0.1) is 0 Å². The molecule has 3 saturated heterocycles. The van der Waals surface area contributed by atoms with E-state index in [0.717, 1.165) is 69.4 Å². The van der Waals surface area contributed by atoms with Crippen LogP contribution in [0, 0.1) is 16.7 Å². The first-order chi connectivity index (χ1) is 33.5. The van der Waals surface area contributed by atoms with Crippen molar-refractivity contribution in [1.82, 2.24) is 40.0 Å². The number of esters is 1. The van der Waals surface area contributed by atoms with Crippen molar-refractivity contribution in [2.45, 2.75) is 117 Å². The third kappa shape index (κ3) is 12.9. The number of nitrogens with zero attached hydrogens (tertiary/aromatic N) is 6. The topological polar surface area (TPSA) is 159 Å². The minimum Gasteiger partial charge on any atom is -0.464 e. The van der Waals surface area contributed by atoms with Gasteiger partial charge >= 0.3 is 12.0 Å². The van der Waals surface area contributed by atoms with Crippen molar-refractivity contribution in [3.8, 4) is 22.4 Å². The van der Waals surface area contributed by atoms with Gasteiger partial charge in [0.1, 0.15) is 18.1 Å². The lowest BCUT2D eigenvalue weighted by Gasteiger charge is -2.42. The fourth-order valence-corrected chi connectivity index (χ4v) is 11.3. The molecule has 3 fully saturated rings. The summed E-state index contributed by atoms with van der Waals surface area (Å²) < 4.78 is 14.3. The number of likely N-dealkylation sites (tertiary alicyclic amines) is 2. The third-order valence-electron chi connectivity index (χ3n) is 15.3. The van der Waals surface area contributed by atoms with Crippen LogP contribution in [0.25, 0.3) is 33.3 Å². The number of methoxy groups -OCH3 is 1. The number of fused-ring (bicyclic) bond motifs is 6. The van der Waals surface area contributed by atoms with Crippen LogP contribution in [0.15, 0.2) is 73.4 Å². The van der Waals surface area contributed by atoms with Gasteiger partial charge in [0.15, 0.2) is 0 Å². The van der Waals surface area contributed by atoms with Crippen LogP contribution in [0.2, 0.25) is 0 Å². The average molecular weight is 1090 g/mol. The van der Waals surface area contributed by atoms with E-state index in [1.54, 1.807) is 25.3 Å². The van der Waals surface area contributed by atoms with E-state index in [1.807, 2.05) is 43.9 Å². The van der Waals surface area contributed by atoms with Gasteiger partial charge in [-0.05, 0) is 116 Å². The molecule has 4 atom stereocenters. The van der Waals surface area contributed by atoms with Crippen LogP contribution in [-0.4, -0.2) is 131 Å². The zero-order valence-electron chi connectivity index (χ0n) is 44.4. The number of rotatable bonds is 9. The van der Waals surface area contributed by atoms with Crippen molar-refractivity contribution in [2.75, 3.05) is 53.5 Å². The first-order valence-corrected chi connectivity index (χ1v) is 25.2. The highest BCUT2D eigenvalue weighted by atomic mass is 32.1. The molecule has 5 amide bonds. The quantitative estimate of drug-likeness (QED) is 0.126. The van der Waals surface area contributed by atoms with Crippen molar-refractivity contribution >= 4 is 94.6 Å². The summed E-state index contributed by atoms with van der Waals surface area (Å²) in [6.07, 6.45) is 7.10. The number of amides is 5. The maximum absolute atomic E-state index is 14.8. The van der Waals surface area contributed by atoms with E-state index in [-0.39, 0.29) is 102 Å². The molecule has 2 N–H and O–H groups in total. The highest BCUT2D eigenvalue weighted by molar-refractivity contribution is 7.59. The van der Waals surface area contributed by atoms with Gasteiger partial charge in [0.05, 0.1) is 24.1 Å². The predicted octanol–water partition coefficient (Wildman–Crippen LogP) is 7.77. The van der Waals surface area contributed by atoms with Crippen molar-refractivity contribution in [1.29, 1.82) is 0 Å². The van der Waals surface area contributed by atoms with Crippen molar-refractivity contribution in [3.05, 3.63) is 90.3 Å². The number of aryl methyl sites for hydroxylation is 1. The molecule has 0 saturated carbocycles. The molecule has 406 valence electrons. The number of cyclic esters (lactones) is 1. The van der Waals surface area contributed by atoms with Gasteiger partial charge in [0.25, 0.3) is 5.91 Å². The molecular weight excluding hydrogens is 1010 g/mol. The van der Waals surface area contributed by atoms with Gasteiger partial charge in [-0.1, -0.05) is 64.6 Å². The first-order valence-electron chi connectivity index (χ1n) is 25.2. The van der Waals surface area contributed by atoms with Gasteiger partial charge in [0, 0.05) is 87.9 Å². The Morgan fingerprint density at radius 1 is 0.959 bits per heavy atom. The molecule has 2 aromatic carbocycles. The molecule has 74 heavy (non-hydrogen) atoms. The van der Waals surface area contributed by atoms with E-state index in [1.165, 1.54) is 16.0 Å². The lowest BCUT2D eigenvalue weighted by atomic mass is 9.78. The number of piperidine rings is 1. The van der Waals surface area contributed by atoms with E-state index in [2.05, 4.69) is 79.1 Å². The van der Waals surface area contributed by atoms with Gasteiger partial charge in [-0.25, -0.2) is 10.2 Å². The molecule has 6 heterocycles. The van der Waals surface area contributed by atoms with Gasteiger partial charge < -0.3 is 34.1 Å². The Balaban J connectivity index is 0.00000296. The van der Waals surface area contributed by atoms with E-state index < -0.39 is 35.4 Å². The number of likely N-dealkylation sites (N-methyl/N-ethyl adjacent to an activating group) is 1. The Labute approximate surface area is 465 Å². The molecular formula is C55H80N8O7S4. The van der Waals surface area contributed by atoms with E-state index in [0.29, 0.717) is 58.5 Å². The molecule has 2 aromatic heterocycles. The Bertz CT molecular complexity index is 2650. The summed E-state index contributed by atoms with van der Waals surface area (Å²) in [4.78, 5) is 80.0. The van der Waals surface area contributed by atoms with Crippen LogP contribution in [0.4, 0.5) is 4.79 Å². The number of pyridine rings is 1. The average Bonchev–Trinajstić information content (AvgIpc) is 3.91. The molecule has 6 bridgehead atoms. The fraction of sp³-hybridized carbons (Fsp3) is 0.527. The Morgan fingerprint density at radius 2 is 1.65 bits per heavy atom. The largest absolute Gasteiger partial charge is 0.464 e. The van der Waals surface area contributed by atoms with Crippen LogP contribution in [0.3, 0.4) is 0 Å². The summed E-state index contributed by atoms with van der Waals surface area (Å²) in [6.45, 7) is 19.4. The predicted molar refractivity (Wildman–Crippen MR) is 312 cm³/mol. The number of aromatic nitrogens is 2. The number of benzene rings is 2. The van der Waals surface area contributed by atoms with Crippen LogP contribution in [0.5, 0.6) is 0 Å². The van der Waals surface area contributed by atoms with Crippen molar-refractivity contribution < 1.29 is 33.4 Å². The molecule has 4 aliphatic rings. The van der Waals surface area contributed by atoms with Crippen LogP contribution >= 0.6 is 54.0 Å². The van der Waals surface area contributed by atoms with E-state index in [9.17, 15) is 24.0 Å². The zero-order chi connectivity index (χ0) is 50.1.